The SMILES string of the molecule is O=C(CN1CCNCC1)N1CCN2C(=O)CCC2C1. The molecule has 3 rings (SSSR count). The molecule has 0 aromatic rings. The lowest BCUT2D eigenvalue weighted by molar-refractivity contribution is -0.139. The van der Waals surface area contributed by atoms with E-state index in [9.17, 15) is 9.59 Å². The molecule has 1 atom stereocenters. The third-order valence-corrected chi connectivity index (χ3v) is 4.42. The lowest BCUT2D eigenvalue weighted by atomic mass is 10.1. The number of nitrogens with one attached hydrogen (secondary N) is 1. The average molecular weight is 266 g/mol. The summed E-state index contributed by atoms with van der Waals surface area (Å²) >= 11 is 0. The number of hydrogen-bond donors (Lipinski definition) is 1. The van der Waals surface area contributed by atoms with Gasteiger partial charge < -0.3 is 15.1 Å². The smallest absolute Gasteiger partial charge is 0.236 e. The van der Waals surface area contributed by atoms with Crippen molar-refractivity contribution >= 4 is 11.8 Å². The summed E-state index contributed by atoms with van der Waals surface area (Å²) in [6.45, 7) is 6.53. The highest BCUT2D eigenvalue weighted by molar-refractivity contribution is 5.81. The Morgan fingerprint density at radius 2 is 2.00 bits per heavy atom. The van der Waals surface area contributed by atoms with Crippen molar-refractivity contribution in [3.05, 3.63) is 0 Å². The van der Waals surface area contributed by atoms with E-state index in [-0.39, 0.29) is 17.9 Å². The van der Waals surface area contributed by atoms with Crippen LogP contribution in [0.4, 0.5) is 0 Å². The highest BCUT2D eigenvalue weighted by Gasteiger charge is 2.36. The molecular weight excluding hydrogens is 244 g/mol. The summed E-state index contributed by atoms with van der Waals surface area (Å²) in [5.41, 5.74) is 0. The first kappa shape index (κ1) is 12.9. The first-order valence-electron chi connectivity index (χ1n) is 7.24. The van der Waals surface area contributed by atoms with Gasteiger partial charge in [0, 0.05) is 58.3 Å². The quantitative estimate of drug-likeness (QED) is 0.677. The maximum Gasteiger partial charge on any atom is 0.236 e. The van der Waals surface area contributed by atoms with Crippen LogP contribution in [-0.4, -0.2) is 84.9 Å². The fourth-order valence-corrected chi connectivity index (χ4v) is 3.25. The summed E-state index contributed by atoms with van der Waals surface area (Å²) in [5, 5.41) is 3.29. The van der Waals surface area contributed by atoms with Crippen LogP contribution in [0.2, 0.25) is 0 Å². The molecule has 0 spiro atoms. The van der Waals surface area contributed by atoms with Crippen LogP contribution in [0, 0.1) is 0 Å². The molecule has 3 heterocycles. The van der Waals surface area contributed by atoms with Crippen LogP contribution in [0.1, 0.15) is 12.8 Å². The van der Waals surface area contributed by atoms with Crippen molar-refractivity contribution in [3.8, 4) is 0 Å². The van der Waals surface area contributed by atoms with E-state index < -0.39 is 0 Å². The molecule has 19 heavy (non-hydrogen) atoms. The number of carbonyl (C=O) groups is 2. The zero-order chi connectivity index (χ0) is 13.2. The molecule has 0 aromatic heterocycles. The number of hydrogen-bond acceptors (Lipinski definition) is 4. The van der Waals surface area contributed by atoms with Crippen molar-refractivity contribution in [1.29, 1.82) is 0 Å². The minimum Gasteiger partial charge on any atom is -0.338 e. The molecule has 6 nitrogen and oxygen atoms in total. The Kier molecular flexibility index (Phi) is 3.70. The van der Waals surface area contributed by atoms with Crippen LogP contribution in [-0.2, 0) is 9.59 Å². The van der Waals surface area contributed by atoms with Crippen LogP contribution >= 0.6 is 0 Å². The van der Waals surface area contributed by atoms with Crippen molar-refractivity contribution in [2.24, 2.45) is 0 Å². The highest BCUT2D eigenvalue weighted by Crippen LogP contribution is 2.22. The molecule has 3 aliphatic rings. The molecule has 3 saturated heterocycles. The summed E-state index contributed by atoms with van der Waals surface area (Å²) in [7, 11) is 0. The van der Waals surface area contributed by atoms with Gasteiger partial charge in [0.2, 0.25) is 11.8 Å². The van der Waals surface area contributed by atoms with E-state index in [1.165, 1.54) is 0 Å². The second-order valence-electron chi connectivity index (χ2n) is 5.65. The second-order valence-corrected chi connectivity index (χ2v) is 5.65. The Labute approximate surface area is 113 Å². The molecule has 6 heteroatoms. The summed E-state index contributed by atoms with van der Waals surface area (Å²) in [6.07, 6.45) is 1.57. The Bertz CT molecular complexity index is 368. The van der Waals surface area contributed by atoms with Gasteiger partial charge in [-0.05, 0) is 6.42 Å². The van der Waals surface area contributed by atoms with Crippen molar-refractivity contribution in [2.45, 2.75) is 18.9 Å². The molecule has 0 aliphatic carbocycles. The summed E-state index contributed by atoms with van der Waals surface area (Å²) in [4.78, 5) is 30.0. The summed E-state index contributed by atoms with van der Waals surface area (Å²) in [5.74, 6) is 0.486. The van der Waals surface area contributed by atoms with Crippen LogP contribution in [0.3, 0.4) is 0 Å². The fourth-order valence-electron chi connectivity index (χ4n) is 3.25. The van der Waals surface area contributed by atoms with Crippen molar-refractivity contribution in [2.75, 3.05) is 52.4 Å². The molecule has 0 aromatic carbocycles. The minimum absolute atomic E-state index is 0.223. The fraction of sp³-hybridized carbons (Fsp3) is 0.846. The first-order chi connectivity index (χ1) is 9.24. The number of nitrogens with zero attached hydrogens (tertiary/aromatic N) is 3. The minimum atomic E-state index is 0.223. The van der Waals surface area contributed by atoms with E-state index in [4.69, 9.17) is 0 Å². The number of carbonyl (C=O) groups excluding carboxylic acids is 2. The van der Waals surface area contributed by atoms with Gasteiger partial charge in [-0.2, -0.15) is 0 Å². The van der Waals surface area contributed by atoms with E-state index in [1.807, 2.05) is 9.80 Å². The van der Waals surface area contributed by atoms with E-state index in [2.05, 4.69) is 10.2 Å². The summed E-state index contributed by atoms with van der Waals surface area (Å²) in [6, 6.07) is 0.272. The van der Waals surface area contributed by atoms with Crippen LogP contribution in [0.5, 0.6) is 0 Å². The van der Waals surface area contributed by atoms with Gasteiger partial charge in [0.25, 0.3) is 0 Å². The molecule has 3 fully saturated rings. The number of fused-ring (bicyclic) bond motifs is 1. The highest BCUT2D eigenvalue weighted by atomic mass is 16.2. The van der Waals surface area contributed by atoms with Crippen LogP contribution in [0.25, 0.3) is 0 Å². The largest absolute Gasteiger partial charge is 0.338 e. The molecule has 2 amide bonds. The molecule has 0 bridgehead atoms. The van der Waals surface area contributed by atoms with Crippen LogP contribution in [0.15, 0.2) is 0 Å². The van der Waals surface area contributed by atoms with Gasteiger partial charge in [-0.3, -0.25) is 14.5 Å². The van der Waals surface area contributed by atoms with E-state index in [0.29, 0.717) is 19.5 Å². The molecule has 3 aliphatic heterocycles. The molecule has 0 saturated carbocycles. The molecule has 1 N–H and O–H groups in total. The third-order valence-electron chi connectivity index (χ3n) is 4.42. The number of rotatable bonds is 2. The molecule has 106 valence electrons. The predicted molar refractivity (Wildman–Crippen MR) is 70.6 cm³/mol. The number of amides is 2. The Morgan fingerprint density at radius 1 is 1.21 bits per heavy atom. The first-order valence-corrected chi connectivity index (χ1v) is 7.24. The molecular formula is C13H22N4O2. The van der Waals surface area contributed by atoms with E-state index in [1.54, 1.807) is 0 Å². The number of piperazine rings is 2. The van der Waals surface area contributed by atoms with E-state index >= 15 is 0 Å². The van der Waals surface area contributed by atoms with Gasteiger partial charge in [-0.15, -0.1) is 0 Å². The maximum absolute atomic E-state index is 12.3. The summed E-state index contributed by atoms with van der Waals surface area (Å²) < 4.78 is 0. The van der Waals surface area contributed by atoms with Gasteiger partial charge in [0.05, 0.1) is 6.54 Å². The molecule has 0 radical (unpaired) electrons. The van der Waals surface area contributed by atoms with Gasteiger partial charge in [-0.1, -0.05) is 0 Å². The van der Waals surface area contributed by atoms with Crippen molar-refractivity contribution < 1.29 is 9.59 Å². The normalized spacial score (nSPS) is 28.6. The van der Waals surface area contributed by atoms with Crippen molar-refractivity contribution in [1.82, 2.24) is 20.0 Å². The lowest BCUT2D eigenvalue weighted by Gasteiger charge is -2.38. The lowest BCUT2D eigenvalue weighted by Crippen LogP contribution is -2.56. The maximum atomic E-state index is 12.3. The van der Waals surface area contributed by atoms with E-state index in [0.717, 1.165) is 45.7 Å². The second kappa shape index (κ2) is 5.46. The Balaban J connectivity index is 1.52. The third kappa shape index (κ3) is 2.74. The van der Waals surface area contributed by atoms with Gasteiger partial charge in [-0.25, -0.2) is 0 Å². The van der Waals surface area contributed by atoms with Gasteiger partial charge in [0.15, 0.2) is 0 Å². The molecule has 1 unspecified atom stereocenters. The zero-order valence-electron chi connectivity index (χ0n) is 11.3. The standard InChI is InChI=1S/C13H22N4O2/c18-12-2-1-11-9-16(7-8-17(11)12)13(19)10-15-5-3-14-4-6-15/h11,14H,1-10H2. The topological polar surface area (TPSA) is 55.9 Å². The van der Waals surface area contributed by atoms with Crippen LogP contribution < -0.4 is 5.32 Å². The predicted octanol–water partition coefficient (Wildman–Crippen LogP) is -1.28. The zero-order valence-corrected chi connectivity index (χ0v) is 11.3. The average Bonchev–Trinajstić information content (AvgIpc) is 2.81. The van der Waals surface area contributed by atoms with Crippen molar-refractivity contribution in [3.63, 3.8) is 0 Å². The van der Waals surface area contributed by atoms with Gasteiger partial charge in [0.1, 0.15) is 0 Å². The van der Waals surface area contributed by atoms with Gasteiger partial charge >= 0.3 is 0 Å². The Hall–Kier alpha value is -1.14. The Morgan fingerprint density at radius 3 is 2.79 bits per heavy atom. The monoisotopic (exact) mass is 266 g/mol.